The van der Waals surface area contributed by atoms with Gasteiger partial charge in [0.05, 0.1) is 18.6 Å². The van der Waals surface area contributed by atoms with E-state index in [1.807, 2.05) is 18.2 Å². The van der Waals surface area contributed by atoms with Crippen LogP contribution in [0.25, 0.3) is 0 Å². The number of likely N-dealkylation sites (tertiary alicyclic amines) is 2. The molecular formula is C19H23N3O3. The molecule has 6 nitrogen and oxygen atoms in total. The Morgan fingerprint density at radius 1 is 1.12 bits per heavy atom. The van der Waals surface area contributed by atoms with Crippen molar-refractivity contribution >= 4 is 17.6 Å². The quantitative estimate of drug-likeness (QED) is 0.878. The summed E-state index contributed by atoms with van der Waals surface area (Å²) in [6, 6.07) is 7.70. The highest BCUT2D eigenvalue weighted by Crippen LogP contribution is 2.35. The third kappa shape index (κ3) is 2.95. The van der Waals surface area contributed by atoms with Crippen LogP contribution in [0.5, 0.6) is 0 Å². The third-order valence-corrected chi connectivity index (χ3v) is 5.59. The minimum absolute atomic E-state index is 0.0567. The second-order valence-electron chi connectivity index (χ2n) is 7.38. The second kappa shape index (κ2) is 6.26. The number of benzene rings is 1. The summed E-state index contributed by atoms with van der Waals surface area (Å²) in [6.45, 7) is 0.571. The molecule has 6 heteroatoms. The number of amides is 2. The third-order valence-electron chi connectivity index (χ3n) is 5.59. The molecule has 3 fully saturated rings. The number of fused-ring (bicyclic) bond motifs is 1. The zero-order valence-electron chi connectivity index (χ0n) is 14.1. The maximum absolute atomic E-state index is 12.7. The Bertz CT molecular complexity index is 701. The molecule has 3 atom stereocenters. The van der Waals surface area contributed by atoms with E-state index in [1.165, 1.54) is 0 Å². The molecule has 4 rings (SSSR count). The predicted octanol–water partition coefficient (Wildman–Crippen LogP) is 0.808. The Balaban J connectivity index is 1.49. The van der Waals surface area contributed by atoms with E-state index in [1.54, 1.807) is 21.9 Å². The standard InChI is InChI=1S/C19H23N3O3/c20-14(10-12-6-7-12)19(25)21-9-8-15-17(21)16(23)11-22(15)18(24)13-4-2-1-3-5-13/h1-5,12,14-15,17H,6-11,20H2/t14-,15?,17?/m0/s1. The van der Waals surface area contributed by atoms with Gasteiger partial charge in [0, 0.05) is 12.1 Å². The van der Waals surface area contributed by atoms with Gasteiger partial charge in [-0.05, 0) is 30.9 Å². The van der Waals surface area contributed by atoms with E-state index in [2.05, 4.69) is 0 Å². The largest absolute Gasteiger partial charge is 0.329 e. The molecule has 2 saturated heterocycles. The number of rotatable bonds is 4. The van der Waals surface area contributed by atoms with Gasteiger partial charge in [0.15, 0.2) is 5.78 Å². The van der Waals surface area contributed by atoms with Crippen LogP contribution in [-0.4, -0.2) is 58.6 Å². The molecule has 0 radical (unpaired) electrons. The number of carbonyl (C=O) groups excluding carboxylic acids is 3. The molecule has 0 spiro atoms. The lowest BCUT2D eigenvalue weighted by atomic mass is 10.1. The van der Waals surface area contributed by atoms with Crippen LogP contribution in [0.1, 0.15) is 36.0 Å². The number of hydrogen-bond acceptors (Lipinski definition) is 4. The number of Topliss-reactive ketones (excluding diaryl/α,β-unsaturated/α-hetero) is 1. The van der Waals surface area contributed by atoms with Gasteiger partial charge in [-0.3, -0.25) is 14.4 Å². The predicted molar refractivity (Wildman–Crippen MR) is 91.7 cm³/mol. The van der Waals surface area contributed by atoms with Gasteiger partial charge in [-0.1, -0.05) is 31.0 Å². The van der Waals surface area contributed by atoms with Gasteiger partial charge in [0.25, 0.3) is 5.91 Å². The van der Waals surface area contributed by atoms with Crippen LogP contribution in [0.15, 0.2) is 30.3 Å². The molecule has 1 saturated carbocycles. The Hall–Kier alpha value is -2.21. The topological polar surface area (TPSA) is 83.7 Å². The van der Waals surface area contributed by atoms with Gasteiger partial charge in [0.2, 0.25) is 5.91 Å². The molecule has 25 heavy (non-hydrogen) atoms. The van der Waals surface area contributed by atoms with Gasteiger partial charge in [0.1, 0.15) is 6.04 Å². The van der Waals surface area contributed by atoms with Crippen LogP contribution in [0.3, 0.4) is 0 Å². The van der Waals surface area contributed by atoms with Crippen molar-refractivity contribution in [2.45, 2.75) is 43.8 Å². The van der Waals surface area contributed by atoms with Gasteiger partial charge in [-0.2, -0.15) is 0 Å². The van der Waals surface area contributed by atoms with Crippen molar-refractivity contribution in [1.29, 1.82) is 0 Å². The Morgan fingerprint density at radius 3 is 2.52 bits per heavy atom. The van der Waals surface area contributed by atoms with E-state index >= 15 is 0 Å². The van der Waals surface area contributed by atoms with Crippen LogP contribution in [0.2, 0.25) is 0 Å². The molecule has 1 aromatic carbocycles. The fourth-order valence-electron chi connectivity index (χ4n) is 4.11. The maximum atomic E-state index is 12.7. The van der Waals surface area contributed by atoms with Gasteiger partial charge in [-0.15, -0.1) is 0 Å². The highest BCUT2D eigenvalue weighted by Gasteiger charge is 2.52. The molecular weight excluding hydrogens is 318 g/mol. The zero-order valence-corrected chi connectivity index (χ0v) is 14.1. The monoisotopic (exact) mass is 341 g/mol. The molecule has 2 N–H and O–H groups in total. The van der Waals surface area contributed by atoms with Crippen molar-refractivity contribution in [3.63, 3.8) is 0 Å². The molecule has 2 unspecified atom stereocenters. The molecule has 1 aromatic rings. The summed E-state index contributed by atoms with van der Waals surface area (Å²) in [5, 5.41) is 0. The molecule has 2 amide bonds. The van der Waals surface area contributed by atoms with Crippen LogP contribution >= 0.6 is 0 Å². The van der Waals surface area contributed by atoms with Crippen LogP contribution in [-0.2, 0) is 9.59 Å². The fraction of sp³-hybridized carbons (Fsp3) is 0.526. The summed E-state index contributed by atoms with van der Waals surface area (Å²) in [6.07, 6.45) is 3.63. The van der Waals surface area contributed by atoms with Gasteiger partial charge >= 0.3 is 0 Å². The second-order valence-corrected chi connectivity index (χ2v) is 7.38. The first-order chi connectivity index (χ1) is 12.1. The molecule has 2 heterocycles. The van der Waals surface area contributed by atoms with E-state index in [0.717, 1.165) is 12.8 Å². The van der Waals surface area contributed by atoms with Gasteiger partial charge < -0.3 is 15.5 Å². The summed E-state index contributed by atoms with van der Waals surface area (Å²) in [5.74, 6) is 0.228. The summed E-state index contributed by atoms with van der Waals surface area (Å²) in [5.41, 5.74) is 6.64. The molecule has 0 bridgehead atoms. The zero-order chi connectivity index (χ0) is 17.6. The highest BCUT2D eigenvalue weighted by molar-refractivity contribution is 6.02. The highest BCUT2D eigenvalue weighted by atomic mass is 16.2. The molecule has 3 aliphatic rings. The van der Waals surface area contributed by atoms with E-state index in [9.17, 15) is 14.4 Å². The van der Waals surface area contributed by atoms with Crippen molar-refractivity contribution in [1.82, 2.24) is 9.80 Å². The lowest BCUT2D eigenvalue weighted by Gasteiger charge is -2.26. The van der Waals surface area contributed by atoms with Crippen LogP contribution in [0.4, 0.5) is 0 Å². The summed E-state index contributed by atoms with van der Waals surface area (Å²) < 4.78 is 0. The average Bonchev–Trinajstić information content (AvgIpc) is 3.23. The van der Waals surface area contributed by atoms with E-state index < -0.39 is 12.1 Å². The number of hydrogen-bond donors (Lipinski definition) is 1. The number of nitrogens with zero attached hydrogens (tertiary/aromatic N) is 2. The van der Waals surface area contributed by atoms with Crippen molar-refractivity contribution in [3.8, 4) is 0 Å². The van der Waals surface area contributed by atoms with Crippen molar-refractivity contribution in [2.24, 2.45) is 11.7 Å². The number of ketones is 1. The molecule has 1 aliphatic carbocycles. The smallest absolute Gasteiger partial charge is 0.254 e. The van der Waals surface area contributed by atoms with Crippen molar-refractivity contribution < 1.29 is 14.4 Å². The fourth-order valence-corrected chi connectivity index (χ4v) is 4.11. The Labute approximate surface area is 147 Å². The lowest BCUT2D eigenvalue weighted by molar-refractivity contribution is -0.137. The summed E-state index contributed by atoms with van der Waals surface area (Å²) in [4.78, 5) is 41.2. The Kier molecular flexibility index (Phi) is 4.07. The first-order valence-electron chi connectivity index (χ1n) is 9.01. The van der Waals surface area contributed by atoms with Gasteiger partial charge in [-0.25, -0.2) is 0 Å². The van der Waals surface area contributed by atoms with E-state index in [4.69, 9.17) is 5.73 Å². The maximum Gasteiger partial charge on any atom is 0.254 e. The minimum Gasteiger partial charge on any atom is -0.329 e. The molecule has 132 valence electrons. The van der Waals surface area contributed by atoms with Crippen LogP contribution < -0.4 is 5.73 Å². The lowest BCUT2D eigenvalue weighted by Crippen LogP contribution is -2.49. The van der Waals surface area contributed by atoms with E-state index in [-0.39, 0.29) is 30.2 Å². The van der Waals surface area contributed by atoms with E-state index in [0.29, 0.717) is 30.9 Å². The molecule has 2 aliphatic heterocycles. The van der Waals surface area contributed by atoms with Crippen molar-refractivity contribution in [2.75, 3.05) is 13.1 Å². The normalized spacial score (nSPS) is 26.7. The summed E-state index contributed by atoms with van der Waals surface area (Å²) >= 11 is 0. The SMILES string of the molecule is N[C@@H](CC1CC1)C(=O)N1CCC2C1C(=O)CN2C(=O)c1ccccc1. The minimum atomic E-state index is -0.530. The Morgan fingerprint density at radius 2 is 1.84 bits per heavy atom. The average molecular weight is 341 g/mol. The first kappa shape index (κ1) is 16.3. The van der Waals surface area contributed by atoms with Crippen molar-refractivity contribution in [3.05, 3.63) is 35.9 Å². The first-order valence-corrected chi connectivity index (χ1v) is 9.01. The van der Waals surface area contributed by atoms with Crippen LogP contribution in [0, 0.1) is 5.92 Å². The summed E-state index contributed by atoms with van der Waals surface area (Å²) in [7, 11) is 0. The molecule has 0 aromatic heterocycles. The number of nitrogens with two attached hydrogens (primary N) is 1. The number of carbonyl (C=O) groups is 3.